The average molecular weight is 319 g/mol. The van der Waals surface area contributed by atoms with Gasteiger partial charge >= 0.3 is 0 Å². The summed E-state index contributed by atoms with van der Waals surface area (Å²) >= 11 is 7.95. The lowest BCUT2D eigenvalue weighted by Gasteiger charge is -2.03. The first kappa shape index (κ1) is 15.9. The van der Waals surface area contributed by atoms with Gasteiger partial charge in [-0.05, 0) is 54.5 Å². The van der Waals surface area contributed by atoms with Crippen molar-refractivity contribution in [2.75, 3.05) is 11.2 Å². The maximum atomic E-state index is 6.07. The number of nitrogens with one attached hydrogen (secondary N) is 1. The minimum absolute atomic E-state index is 0.743. The maximum Gasteiger partial charge on any atom is 0.0576 e. The minimum Gasteiger partial charge on any atom is -0.278 e. The molecule has 1 N–H and O–H groups in total. The Hall–Kier alpha value is -1.45. The highest BCUT2D eigenvalue weighted by molar-refractivity contribution is 7.99. The molecule has 0 aliphatic heterocycles. The topological polar surface area (TPSA) is 24.4 Å². The lowest BCUT2D eigenvalue weighted by atomic mass is 10.2. The normalized spacial score (nSPS) is 11.0. The number of nitrogens with zero attached hydrogens (tertiary/aromatic N) is 1. The van der Waals surface area contributed by atoms with Crippen LogP contribution in [0.4, 0.5) is 5.69 Å². The van der Waals surface area contributed by atoms with E-state index in [0.29, 0.717) is 0 Å². The second-order valence-corrected chi connectivity index (χ2v) is 6.33. The van der Waals surface area contributed by atoms with Crippen molar-refractivity contribution in [2.45, 2.75) is 25.2 Å². The molecular weight excluding hydrogens is 300 g/mol. The van der Waals surface area contributed by atoms with Gasteiger partial charge in [0.25, 0.3) is 0 Å². The van der Waals surface area contributed by atoms with Gasteiger partial charge in [-0.2, -0.15) is 5.10 Å². The van der Waals surface area contributed by atoms with Gasteiger partial charge in [-0.3, -0.25) is 5.43 Å². The van der Waals surface area contributed by atoms with Crippen LogP contribution in [0.25, 0.3) is 0 Å². The van der Waals surface area contributed by atoms with E-state index < -0.39 is 0 Å². The van der Waals surface area contributed by atoms with Gasteiger partial charge in [0, 0.05) is 9.92 Å². The second-order valence-electron chi connectivity index (χ2n) is 4.75. The molecule has 0 aromatic heterocycles. The van der Waals surface area contributed by atoms with Gasteiger partial charge in [0.05, 0.1) is 11.9 Å². The highest BCUT2D eigenvalue weighted by Gasteiger charge is 1.96. The Kier molecular flexibility index (Phi) is 6.15. The van der Waals surface area contributed by atoms with Crippen LogP contribution in [0.1, 0.15) is 24.5 Å². The van der Waals surface area contributed by atoms with E-state index in [9.17, 15) is 0 Å². The second kappa shape index (κ2) is 8.11. The lowest BCUT2D eigenvalue weighted by molar-refractivity contribution is 1.10. The molecule has 0 aliphatic carbocycles. The fraction of sp³-hybridized carbons (Fsp3) is 0.235. The summed E-state index contributed by atoms with van der Waals surface area (Å²) in [5, 5.41) is 4.98. The summed E-state index contributed by atoms with van der Waals surface area (Å²) in [6.07, 6.45) is 3.00. The molecule has 0 spiro atoms. The summed E-state index contributed by atoms with van der Waals surface area (Å²) in [7, 11) is 0. The van der Waals surface area contributed by atoms with Crippen LogP contribution in [0, 0.1) is 6.92 Å². The molecular formula is C17H19ClN2S. The summed E-state index contributed by atoms with van der Waals surface area (Å²) in [4.78, 5) is 1.30. The molecule has 0 amide bonds. The summed E-state index contributed by atoms with van der Waals surface area (Å²) in [6.45, 7) is 4.17. The highest BCUT2D eigenvalue weighted by Crippen LogP contribution is 2.20. The van der Waals surface area contributed by atoms with E-state index in [0.717, 1.165) is 27.6 Å². The van der Waals surface area contributed by atoms with Crippen molar-refractivity contribution < 1.29 is 0 Å². The van der Waals surface area contributed by atoms with E-state index >= 15 is 0 Å². The van der Waals surface area contributed by atoms with Gasteiger partial charge in [0.15, 0.2) is 0 Å². The lowest BCUT2D eigenvalue weighted by Crippen LogP contribution is -1.91. The number of thioether (sulfide) groups is 1. The molecule has 0 saturated heterocycles. The Morgan fingerprint density at radius 2 is 1.95 bits per heavy atom. The Balaban J connectivity index is 1.93. The monoisotopic (exact) mass is 318 g/mol. The molecule has 2 aromatic rings. The molecule has 2 rings (SSSR count). The number of aryl methyl sites for hydroxylation is 1. The van der Waals surface area contributed by atoms with Crippen LogP contribution in [0.2, 0.25) is 5.02 Å². The number of rotatable bonds is 6. The van der Waals surface area contributed by atoms with Crippen LogP contribution < -0.4 is 5.43 Å². The fourth-order valence-corrected chi connectivity index (χ4v) is 2.66. The summed E-state index contributed by atoms with van der Waals surface area (Å²) in [5.74, 6) is 1.16. The molecule has 2 aromatic carbocycles. The minimum atomic E-state index is 0.743. The Morgan fingerprint density at radius 3 is 2.62 bits per heavy atom. The van der Waals surface area contributed by atoms with E-state index in [2.05, 4.69) is 41.7 Å². The van der Waals surface area contributed by atoms with Crippen molar-refractivity contribution in [3.8, 4) is 0 Å². The number of halogens is 1. The number of benzene rings is 2. The molecule has 0 unspecified atom stereocenters. The standard InChI is InChI=1S/C17H19ClN2S/c1-3-10-21-16-8-5-14(6-9-16)12-19-20-15-7-4-13(2)17(18)11-15/h4-9,11-12,20H,3,10H2,1-2H3. The van der Waals surface area contributed by atoms with E-state index in [4.69, 9.17) is 11.6 Å². The zero-order chi connectivity index (χ0) is 15.1. The average Bonchev–Trinajstić information content (AvgIpc) is 2.50. The summed E-state index contributed by atoms with van der Waals surface area (Å²) in [5.41, 5.74) is 6.01. The van der Waals surface area contributed by atoms with Gasteiger partial charge in [0.1, 0.15) is 0 Å². The van der Waals surface area contributed by atoms with Crippen LogP contribution >= 0.6 is 23.4 Å². The molecule has 0 bridgehead atoms. The van der Waals surface area contributed by atoms with Crippen molar-refractivity contribution in [2.24, 2.45) is 5.10 Å². The predicted molar refractivity (Wildman–Crippen MR) is 94.9 cm³/mol. The van der Waals surface area contributed by atoms with Crippen molar-refractivity contribution >= 4 is 35.3 Å². The summed E-state index contributed by atoms with van der Waals surface area (Å²) in [6, 6.07) is 14.2. The zero-order valence-corrected chi connectivity index (χ0v) is 13.8. The Bertz CT molecular complexity index is 609. The first-order chi connectivity index (χ1) is 10.2. The first-order valence-electron chi connectivity index (χ1n) is 6.97. The summed E-state index contributed by atoms with van der Waals surface area (Å²) < 4.78 is 0. The first-order valence-corrected chi connectivity index (χ1v) is 8.33. The van der Waals surface area contributed by atoms with Crippen molar-refractivity contribution in [3.05, 3.63) is 58.6 Å². The van der Waals surface area contributed by atoms with E-state index in [1.165, 1.54) is 11.3 Å². The van der Waals surface area contributed by atoms with E-state index in [1.807, 2.05) is 43.1 Å². The predicted octanol–water partition coefficient (Wildman–Crippen LogP) is 5.60. The molecule has 110 valence electrons. The number of hydrazone groups is 1. The molecule has 0 fully saturated rings. The molecule has 0 radical (unpaired) electrons. The fourth-order valence-electron chi connectivity index (χ4n) is 1.71. The largest absolute Gasteiger partial charge is 0.278 e. The number of anilines is 1. The molecule has 0 aliphatic rings. The molecule has 21 heavy (non-hydrogen) atoms. The van der Waals surface area contributed by atoms with Crippen LogP contribution in [0.5, 0.6) is 0 Å². The molecule has 0 atom stereocenters. The molecule has 4 heteroatoms. The van der Waals surface area contributed by atoms with Crippen molar-refractivity contribution in [3.63, 3.8) is 0 Å². The van der Waals surface area contributed by atoms with Gasteiger partial charge < -0.3 is 0 Å². The molecule has 0 saturated carbocycles. The SMILES string of the molecule is CCCSc1ccc(C=NNc2ccc(C)c(Cl)c2)cc1. The van der Waals surface area contributed by atoms with Gasteiger partial charge in [-0.15, -0.1) is 11.8 Å². The Labute approximate surface area is 135 Å². The number of hydrogen-bond donors (Lipinski definition) is 1. The van der Waals surface area contributed by atoms with E-state index in [-0.39, 0.29) is 0 Å². The third kappa shape index (κ3) is 5.10. The maximum absolute atomic E-state index is 6.07. The van der Waals surface area contributed by atoms with Crippen LogP contribution in [-0.2, 0) is 0 Å². The quantitative estimate of drug-likeness (QED) is 0.426. The molecule has 2 nitrogen and oxygen atoms in total. The molecule has 0 heterocycles. The van der Waals surface area contributed by atoms with Crippen LogP contribution in [0.15, 0.2) is 52.5 Å². The number of hydrogen-bond acceptors (Lipinski definition) is 3. The Morgan fingerprint density at radius 1 is 1.19 bits per heavy atom. The van der Waals surface area contributed by atoms with Crippen molar-refractivity contribution in [1.82, 2.24) is 0 Å². The zero-order valence-electron chi connectivity index (χ0n) is 12.3. The van der Waals surface area contributed by atoms with Crippen LogP contribution in [-0.4, -0.2) is 12.0 Å². The smallest absolute Gasteiger partial charge is 0.0576 e. The third-order valence-electron chi connectivity index (χ3n) is 2.93. The van der Waals surface area contributed by atoms with Gasteiger partial charge in [0.2, 0.25) is 0 Å². The van der Waals surface area contributed by atoms with Gasteiger partial charge in [-0.25, -0.2) is 0 Å². The third-order valence-corrected chi connectivity index (χ3v) is 4.56. The van der Waals surface area contributed by atoms with Crippen LogP contribution in [0.3, 0.4) is 0 Å². The highest BCUT2D eigenvalue weighted by atomic mass is 35.5. The van der Waals surface area contributed by atoms with Gasteiger partial charge in [-0.1, -0.05) is 36.7 Å². The van der Waals surface area contributed by atoms with E-state index in [1.54, 1.807) is 0 Å². The van der Waals surface area contributed by atoms with Crippen molar-refractivity contribution in [1.29, 1.82) is 0 Å².